The van der Waals surface area contributed by atoms with E-state index in [-0.39, 0.29) is 29.8 Å². The van der Waals surface area contributed by atoms with E-state index in [4.69, 9.17) is 0 Å². The van der Waals surface area contributed by atoms with Crippen molar-refractivity contribution in [1.82, 2.24) is 15.8 Å². The van der Waals surface area contributed by atoms with Crippen LogP contribution in [0, 0.1) is 5.92 Å². The van der Waals surface area contributed by atoms with Gasteiger partial charge in [0.25, 0.3) is 0 Å². The number of hydrogen-bond donors (Lipinski definition) is 3. The number of amides is 1. The van der Waals surface area contributed by atoms with E-state index in [1.807, 2.05) is 17.0 Å². The highest BCUT2D eigenvalue weighted by Crippen LogP contribution is 2.31. The highest BCUT2D eigenvalue weighted by Gasteiger charge is 2.35. The summed E-state index contributed by atoms with van der Waals surface area (Å²) in [4.78, 5) is 14.6. The fourth-order valence-electron chi connectivity index (χ4n) is 4.58. The van der Waals surface area contributed by atoms with Gasteiger partial charge in [0.15, 0.2) is 0 Å². The molecule has 0 saturated carbocycles. The maximum Gasteiger partial charge on any atom is 0.223 e. The zero-order valence-corrected chi connectivity index (χ0v) is 16.1. The van der Waals surface area contributed by atoms with Crippen LogP contribution >= 0.6 is 0 Å². The molecule has 0 aromatic heterocycles. The molecule has 0 aliphatic carbocycles. The van der Waals surface area contributed by atoms with Crippen molar-refractivity contribution in [3.63, 3.8) is 0 Å². The topological polar surface area (TPSA) is 64.6 Å². The Labute approximate surface area is 160 Å². The van der Waals surface area contributed by atoms with Crippen LogP contribution in [-0.2, 0) is 4.79 Å². The lowest BCUT2D eigenvalue weighted by molar-refractivity contribution is -0.135. The minimum absolute atomic E-state index is 0.0892. The van der Waals surface area contributed by atoms with Crippen molar-refractivity contribution in [2.45, 2.75) is 50.8 Å². The van der Waals surface area contributed by atoms with E-state index >= 15 is 0 Å². The van der Waals surface area contributed by atoms with Crippen LogP contribution in [0.3, 0.4) is 0 Å². The number of rotatable bonds is 3. The highest BCUT2D eigenvalue weighted by molar-refractivity contribution is 5.83. The van der Waals surface area contributed by atoms with Crippen LogP contribution in [-0.4, -0.2) is 47.2 Å². The van der Waals surface area contributed by atoms with Gasteiger partial charge in [-0.2, -0.15) is 0 Å². The molecule has 5 nitrogen and oxygen atoms in total. The fraction of sp³-hybridized carbons (Fsp3) is 0.500. The van der Waals surface area contributed by atoms with Crippen molar-refractivity contribution < 1.29 is 9.90 Å². The molecule has 2 fully saturated rings. The minimum atomic E-state index is -0.515. The normalized spacial score (nSPS) is 31.4. The van der Waals surface area contributed by atoms with E-state index in [2.05, 4.69) is 55.0 Å². The van der Waals surface area contributed by atoms with Crippen LogP contribution in [0.1, 0.15) is 38.2 Å². The average Bonchev–Trinajstić information content (AvgIpc) is 2.99. The molecular formula is C22H29N3O2. The van der Waals surface area contributed by atoms with E-state index in [1.165, 1.54) is 16.3 Å². The van der Waals surface area contributed by atoms with Gasteiger partial charge in [0.05, 0.1) is 6.10 Å². The molecule has 2 saturated heterocycles. The van der Waals surface area contributed by atoms with Gasteiger partial charge < -0.3 is 10.0 Å². The summed E-state index contributed by atoms with van der Waals surface area (Å²) >= 11 is 0. The van der Waals surface area contributed by atoms with Gasteiger partial charge in [-0.15, -0.1) is 0 Å². The summed E-state index contributed by atoms with van der Waals surface area (Å²) in [5.41, 5.74) is 7.59. The number of benzene rings is 2. The van der Waals surface area contributed by atoms with Gasteiger partial charge in [0, 0.05) is 43.4 Å². The molecule has 0 radical (unpaired) electrons. The Balaban J connectivity index is 1.41. The Bertz CT molecular complexity index is 814. The van der Waals surface area contributed by atoms with Crippen LogP contribution in [0.5, 0.6) is 0 Å². The molecule has 3 N–H and O–H groups in total. The molecule has 0 bridgehead atoms. The fourth-order valence-corrected chi connectivity index (χ4v) is 4.58. The zero-order valence-electron chi connectivity index (χ0n) is 16.1. The van der Waals surface area contributed by atoms with E-state index in [0.29, 0.717) is 19.5 Å². The van der Waals surface area contributed by atoms with E-state index in [1.54, 1.807) is 0 Å². The Morgan fingerprint density at radius 1 is 1.11 bits per heavy atom. The minimum Gasteiger partial charge on any atom is -0.391 e. The predicted molar refractivity (Wildman–Crippen MR) is 107 cm³/mol. The van der Waals surface area contributed by atoms with Crippen molar-refractivity contribution in [1.29, 1.82) is 0 Å². The molecule has 144 valence electrons. The lowest BCUT2D eigenvalue weighted by Crippen LogP contribution is -2.46. The third-order valence-electron chi connectivity index (χ3n) is 6.37. The van der Waals surface area contributed by atoms with Crippen molar-refractivity contribution in [3.05, 3.63) is 48.0 Å². The smallest absolute Gasteiger partial charge is 0.223 e. The van der Waals surface area contributed by atoms with Gasteiger partial charge in [0.1, 0.15) is 0 Å². The second-order valence-corrected chi connectivity index (χ2v) is 8.14. The van der Waals surface area contributed by atoms with Gasteiger partial charge in [-0.3, -0.25) is 15.6 Å². The summed E-state index contributed by atoms with van der Waals surface area (Å²) in [6.07, 6.45) is 0.811. The summed E-state index contributed by atoms with van der Waals surface area (Å²) in [6.45, 7) is 5.35. The summed E-state index contributed by atoms with van der Waals surface area (Å²) in [6, 6.07) is 15.3. The zero-order chi connectivity index (χ0) is 19.0. The lowest BCUT2D eigenvalue weighted by atomic mass is 9.85. The number of nitrogens with one attached hydrogen (secondary N) is 2. The quantitative estimate of drug-likeness (QED) is 0.780. The molecule has 0 spiro atoms. The molecule has 2 aromatic carbocycles. The molecule has 5 heteroatoms. The molecule has 2 heterocycles. The van der Waals surface area contributed by atoms with Gasteiger partial charge in [-0.1, -0.05) is 42.5 Å². The maximum absolute atomic E-state index is 12.8. The lowest BCUT2D eigenvalue weighted by Gasteiger charge is -2.37. The highest BCUT2D eigenvalue weighted by atomic mass is 16.3. The monoisotopic (exact) mass is 367 g/mol. The SMILES string of the molecule is CC1NNC(C)C1CC(=O)N1CC[C@H](c2ccc3ccccc3c2)[C@@H](O)C1. The molecule has 1 amide bonds. The van der Waals surface area contributed by atoms with Crippen LogP contribution in [0.15, 0.2) is 42.5 Å². The van der Waals surface area contributed by atoms with E-state index < -0.39 is 6.10 Å². The number of carbonyl (C=O) groups excluding carboxylic acids is 1. The number of aliphatic hydroxyl groups excluding tert-OH is 1. The number of carbonyl (C=O) groups is 1. The number of β-amino-alcohol motifs (C(OH)–C–C–N with tert-alkyl or cyclic N) is 1. The van der Waals surface area contributed by atoms with Crippen LogP contribution in [0.4, 0.5) is 0 Å². The Morgan fingerprint density at radius 3 is 2.52 bits per heavy atom. The second kappa shape index (κ2) is 7.58. The average molecular weight is 367 g/mol. The van der Waals surface area contributed by atoms with Crippen molar-refractivity contribution in [3.8, 4) is 0 Å². The molecule has 2 unspecified atom stereocenters. The molecule has 4 atom stereocenters. The Hall–Kier alpha value is -1.95. The van der Waals surface area contributed by atoms with Crippen molar-refractivity contribution >= 4 is 16.7 Å². The van der Waals surface area contributed by atoms with Crippen LogP contribution in [0.25, 0.3) is 10.8 Å². The predicted octanol–water partition coefficient (Wildman–Crippen LogP) is 2.41. The van der Waals surface area contributed by atoms with Gasteiger partial charge in [0.2, 0.25) is 5.91 Å². The van der Waals surface area contributed by atoms with Crippen molar-refractivity contribution in [2.75, 3.05) is 13.1 Å². The summed E-state index contributed by atoms with van der Waals surface area (Å²) in [5.74, 6) is 0.527. The summed E-state index contributed by atoms with van der Waals surface area (Å²) < 4.78 is 0. The first-order valence-electron chi connectivity index (χ1n) is 9.98. The number of likely N-dealkylation sites (tertiary alicyclic amines) is 1. The number of hydrazine groups is 1. The maximum atomic E-state index is 12.8. The van der Waals surface area contributed by atoms with Gasteiger partial charge in [-0.05, 0) is 36.6 Å². The molecule has 2 aromatic rings. The standard InChI is InChI=1S/C22H29N3O2/c1-14-20(15(2)24-23-14)12-22(27)25-10-9-19(21(26)13-25)18-8-7-16-5-3-4-6-17(16)11-18/h3-8,11,14-15,19-21,23-24,26H,9-10,12-13H2,1-2H3/t14?,15?,19-,20?,21+/m1/s1. The Kier molecular flexibility index (Phi) is 5.17. The first-order valence-corrected chi connectivity index (χ1v) is 9.98. The third kappa shape index (κ3) is 3.72. The molecular weight excluding hydrogens is 338 g/mol. The number of piperidine rings is 1. The van der Waals surface area contributed by atoms with Crippen molar-refractivity contribution in [2.24, 2.45) is 5.92 Å². The first-order chi connectivity index (χ1) is 13.0. The third-order valence-corrected chi connectivity index (χ3v) is 6.37. The van der Waals surface area contributed by atoms with E-state index in [9.17, 15) is 9.90 Å². The largest absolute Gasteiger partial charge is 0.391 e. The number of nitrogens with zero attached hydrogens (tertiary/aromatic N) is 1. The molecule has 2 aliphatic heterocycles. The molecule has 27 heavy (non-hydrogen) atoms. The first kappa shape index (κ1) is 18.4. The number of fused-ring (bicyclic) bond motifs is 1. The van der Waals surface area contributed by atoms with Gasteiger partial charge >= 0.3 is 0 Å². The molecule has 4 rings (SSSR count). The van der Waals surface area contributed by atoms with Crippen LogP contribution in [0.2, 0.25) is 0 Å². The van der Waals surface area contributed by atoms with Gasteiger partial charge in [-0.25, -0.2) is 0 Å². The summed E-state index contributed by atoms with van der Waals surface area (Å²) in [7, 11) is 0. The number of hydrogen-bond acceptors (Lipinski definition) is 4. The molecule has 2 aliphatic rings. The summed E-state index contributed by atoms with van der Waals surface area (Å²) in [5, 5.41) is 13.2. The van der Waals surface area contributed by atoms with Crippen LogP contribution < -0.4 is 10.9 Å². The second-order valence-electron chi connectivity index (χ2n) is 8.14. The van der Waals surface area contributed by atoms with E-state index in [0.717, 1.165) is 6.42 Å². The Morgan fingerprint density at radius 2 is 1.81 bits per heavy atom. The number of aliphatic hydroxyl groups is 1.